The molecule has 1 N–H and O–H groups in total. The van der Waals surface area contributed by atoms with Gasteiger partial charge >= 0.3 is 0 Å². The number of hydrogen-bond donors (Lipinski definition) is 1. The van der Waals surface area contributed by atoms with E-state index >= 15 is 0 Å². The van der Waals surface area contributed by atoms with E-state index in [0.717, 1.165) is 41.4 Å². The van der Waals surface area contributed by atoms with E-state index in [1.807, 2.05) is 12.1 Å². The molecule has 0 spiro atoms. The van der Waals surface area contributed by atoms with Crippen LogP contribution in [-0.4, -0.2) is 30.4 Å². The zero-order chi connectivity index (χ0) is 19.1. The molecular formula is C23H25N3O2. The zero-order valence-corrected chi connectivity index (χ0v) is 16.4. The van der Waals surface area contributed by atoms with Gasteiger partial charge in [0.15, 0.2) is 11.5 Å². The standard InChI is InChI=1S/C23H25N3O2/c1-15-3-5-16(6-4-15)14-28-19-8-7-18(13-20(19)27-2)22-23-21(24-25-22)17-9-11-26(23)12-10-17/h3-8,13,17H,9-12,14H2,1-2H3,(H,24,25). The molecule has 6 rings (SSSR count). The molecule has 5 heteroatoms. The van der Waals surface area contributed by atoms with Crippen molar-refractivity contribution in [2.45, 2.75) is 32.3 Å². The number of H-pyrrole nitrogens is 1. The minimum atomic E-state index is 0.517. The summed E-state index contributed by atoms with van der Waals surface area (Å²) in [5, 5.41) is 7.95. The highest BCUT2D eigenvalue weighted by atomic mass is 16.5. The van der Waals surface area contributed by atoms with Crippen LogP contribution in [0.3, 0.4) is 0 Å². The van der Waals surface area contributed by atoms with Gasteiger partial charge in [0.25, 0.3) is 0 Å². The number of piperidine rings is 1. The molecule has 3 aliphatic heterocycles. The van der Waals surface area contributed by atoms with Crippen molar-refractivity contribution in [3.8, 4) is 22.8 Å². The lowest BCUT2D eigenvalue weighted by molar-refractivity contribution is 0.284. The molecule has 0 unspecified atom stereocenters. The molecule has 2 aromatic carbocycles. The Morgan fingerprint density at radius 1 is 1.07 bits per heavy atom. The van der Waals surface area contributed by atoms with Crippen LogP contribution in [0.5, 0.6) is 11.5 Å². The van der Waals surface area contributed by atoms with Crippen LogP contribution in [0.2, 0.25) is 0 Å². The molecule has 0 aliphatic carbocycles. The first kappa shape index (κ1) is 17.2. The van der Waals surface area contributed by atoms with Crippen LogP contribution in [0.25, 0.3) is 11.3 Å². The van der Waals surface area contributed by atoms with Crippen LogP contribution in [0.15, 0.2) is 42.5 Å². The molecule has 0 radical (unpaired) electrons. The summed E-state index contributed by atoms with van der Waals surface area (Å²) in [6.45, 7) is 4.85. The Kier molecular flexibility index (Phi) is 4.23. The number of nitrogens with zero attached hydrogens (tertiary/aromatic N) is 2. The Bertz CT molecular complexity index is 986. The van der Waals surface area contributed by atoms with Crippen LogP contribution < -0.4 is 14.4 Å². The van der Waals surface area contributed by atoms with E-state index < -0.39 is 0 Å². The number of rotatable bonds is 5. The number of fused-ring (bicyclic) bond motifs is 2. The molecule has 0 amide bonds. The molecule has 144 valence electrons. The van der Waals surface area contributed by atoms with E-state index in [0.29, 0.717) is 12.5 Å². The van der Waals surface area contributed by atoms with Gasteiger partial charge in [-0.25, -0.2) is 0 Å². The number of methoxy groups -OCH3 is 1. The van der Waals surface area contributed by atoms with Gasteiger partial charge in [-0.15, -0.1) is 0 Å². The number of aromatic nitrogens is 2. The number of nitrogens with one attached hydrogen (secondary N) is 1. The normalized spacial score (nSPS) is 15.6. The topological polar surface area (TPSA) is 50.4 Å². The lowest BCUT2D eigenvalue weighted by atomic mass is 9.86. The van der Waals surface area contributed by atoms with Crippen molar-refractivity contribution in [1.82, 2.24) is 10.2 Å². The van der Waals surface area contributed by atoms with Crippen LogP contribution in [0, 0.1) is 6.92 Å². The number of ether oxygens (including phenoxy) is 2. The minimum absolute atomic E-state index is 0.517. The maximum atomic E-state index is 6.02. The molecule has 0 atom stereocenters. The van der Waals surface area contributed by atoms with Crippen molar-refractivity contribution in [1.29, 1.82) is 0 Å². The summed E-state index contributed by atoms with van der Waals surface area (Å²) in [6.07, 6.45) is 2.45. The number of aromatic amines is 1. The summed E-state index contributed by atoms with van der Waals surface area (Å²) in [5.41, 5.74) is 7.04. The molecule has 3 aliphatic rings. The number of anilines is 1. The Balaban J connectivity index is 1.41. The summed E-state index contributed by atoms with van der Waals surface area (Å²) in [7, 11) is 1.68. The van der Waals surface area contributed by atoms with Crippen molar-refractivity contribution in [3.05, 3.63) is 59.3 Å². The second kappa shape index (κ2) is 6.89. The quantitative estimate of drug-likeness (QED) is 0.704. The molecule has 1 saturated heterocycles. The second-order valence-electron chi connectivity index (χ2n) is 7.74. The van der Waals surface area contributed by atoms with Crippen molar-refractivity contribution >= 4 is 5.69 Å². The molecule has 28 heavy (non-hydrogen) atoms. The predicted molar refractivity (Wildman–Crippen MR) is 110 cm³/mol. The first-order valence-corrected chi connectivity index (χ1v) is 9.93. The third-order valence-electron chi connectivity index (χ3n) is 5.94. The summed E-state index contributed by atoms with van der Waals surface area (Å²) in [6, 6.07) is 14.5. The van der Waals surface area contributed by atoms with Gasteiger partial charge in [-0.1, -0.05) is 29.8 Å². The number of aryl methyl sites for hydroxylation is 1. The predicted octanol–water partition coefficient (Wildman–Crippen LogP) is 4.67. The molecular weight excluding hydrogens is 350 g/mol. The SMILES string of the molecule is COc1cc(-c2n[nH]c3c2N2CCC3CC2)ccc1OCc1ccc(C)cc1. The highest BCUT2D eigenvalue weighted by Crippen LogP contribution is 2.46. The Morgan fingerprint density at radius 3 is 2.61 bits per heavy atom. The van der Waals surface area contributed by atoms with Crippen LogP contribution in [-0.2, 0) is 6.61 Å². The van der Waals surface area contributed by atoms with Gasteiger partial charge < -0.3 is 14.4 Å². The van der Waals surface area contributed by atoms with Gasteiger partial charge in [0.2, 0.25) is 0 Å². The van der Waals surface area contributed by atoms with Gasteiger partial charge in [-0.2, -0.15) is 5.10 Å². The fraction of sp³-hybridized carbons (Fsp3) is 0.348. The Hall–Kier alpha value is -2.95. The van der Waals surface area contributed by atoms with Crippen molar-refractivity contribution in [2.24, 2.45) is 0 Å². The summed E-state index contributed by atoms with van der Waals surface area (Å²) < 4.78 is 11.6. The van der Waals surface area contributed by atoms with E-state index in [4.69, 9.17) is 9.47 Å². The van der Waals surface area contributed by atoms with Gasteiger partial charge in [-0.05, 0) is 43.5 Å². The highest BCUT2D eigenvalue weighted by molar-refractivity contribution is 5.80. The smallest absolute Gasteiger partial charge is 0.161 e. The molecule has 0 saturated carbocycles. The largest absolute Gasteiger partial charge is 0.493 e. The molecule has 2 bridgehead atoms. The second-order valence-corrected chi connectivity index (χ2v) is 7.74. The molecule has 1 aromatic heterocycles. The van der Waals surface area contributed by atoms with Gasteiger partial charge in [0.1, 0.15) is 12.3 Å². The maximum Gasteiger partial charge on any atom is 0.161 e. The maximum absolute atomic E-state index is 6.02. The summed E-state index contributed by atoms with van der Waals surface area (Å²) in [4.78, 5) is 2.46. The van der Waals surface area contributed by atoms with E-state index in [1.165, 1.54) is 29.8 Å². The lowest BCUT2D eigenvalue weighted by Crippen LogP contribution is -2.38. The minimum Gasteiger partial charge on any atom is -0.493 e. The fourth-order valence-electron chi connectivity index (χ4n) is 4.33. The monoisotopic (exact) mass is 375 g/mol. The van der Waals surface area contributed by atoms with E-state index in [9.17, 15) is 0 Å². The Labute approximate surface area is 165 Å². The van der Waals surface area contributed by atoms with E-state index in [1.54, 1.807) is 7.11 Å². The van der Waals surface area contributed by atoms with Gasteiger partial charge in [-0.3, -0.25) is 5.10 Å². The molecule has 1 fully saturated rings. The molecule has 5 nitrogen and oxygen atoms in total. The molecule has 3 aromatic rings. The summed E-state index contributed by atoms with van der Waals surface area (Å²) in [5.74, 6) is 2.11. The van der Waals surface area contributed by atoms with Gasteiger partial charge in [0, 0.05) is 24.6 Å². The number of benzene rings is 2. The Morgan fingerprint density at radius 2 is 1.86 bits per heavy atom. The highest BCUT2D eigenvalue weighted by Gasteiger charge is 2.35. The third kappa shape index (κ3) is 2.91. The zero-order valence-electron chi connectivity index (χ0n) is 16.4. The van der Waals surface area contributed by atoms with Crippen molar-refractivity contribution in [3.63, 3.8) is 0 Å². The van der Waals surface area contributed by atoms with Crippen LogP contribution in [0.1, 0.15) is 35.6 Å². The third-order valence-corrected chi connectivity index (χ3v) is 5.94. The van der Waals surface area contributed by atoms with E-state index in [2.05, 4.69) is 52.4 Å². The van der Waals surface area contributed by atoms with Crippen LogP contribution >= 0.6 is 0 Å². The lowest BCUT2D eigenvalue weighted by Gasteiger charge is -2.40. The van der Waals surface area contributed by atoms with Crippen LogP contribution in [0.4, 0.5) is 5.69 Å². The molecule has 4 heterocycles. The first-order chi connectivity index (χ1) is 13.7. The summed E-state index contributed by atoms with van der Waals surface area (Å²) >= 11 is 0. The average Bonchev–Trinajstić information content (AvgIpc) is 3.22. The number of hydrogen-bond acceptors (Lipinski definition) is 4. The van der Waals surface area contributed by atoms with Crippen molar-refractivity contribution in [2.75, 3.05) is 25.1 Å². The average molecular weight is 375 g/mol. The first-order valence-electron chi connectivity index (χ1n) is 9.93. The van der Waals surface area contributed by atoms with E-state index in [-0.39, 0.29) is 0 Å². The van der Waals surface area contributed by atoms with Crippen molar-refractivity contribution < 1.29 is 9.47 Å². The van der Waals surface area contributed by atoms with Gasteiger partial charge in [0.05, 0.1) is 18.5 Å². The fourth-order valence-corrected chi connectivity index (χ4v) is 4.33.